The van der Waals surface area contributed by atoms with E-state index in [0.717, 1.165) is 16.8 Å². The maximum Gasteiger partial charge on any atom is 0.267 e. The fraction of sp³-hybridized carbons (Fsp3) is 0.269. The number of carbonyl (C=O) groups is 2. The Morgan fingerprint density at radius 3 is 2.64 bits per heavy atom. The molecule has 3 aromatic heterocycles. The fourth-order valence-electron chi connectivity index (χ4n) is 4.10. The van der Waals surface area contributed by atoms with Gasteiger partial charge >= 0.3 is 0 Å². The first-order chi connectivity index (χ1) is 15.9. The summed E-state index contributed by atoms with van der Waals surface area (Å²) >= 11 is 0. The average Bonchev–Trinajstić information content (AvgIpc) is 3.45. The van der Waals surface area contributed by atoms with Gasteiger partial charge in [-0.15, -0.1) is 0 Å². The third-order valence-electron chi connectivity index (χ3n) is 6.09. The number of nitrogens with zero attached hydrogens (tertiary/aromatic N) is 4. The lowest BCUT2D eigenvalue weighted by Crippen LogP contribution is -2.41. The molecule has 0 aliphatic heterocycles. The molecular formula is C26H29N5O2. The number of pyridine rings is 1. The topological polar surface area (TPSA) is 71.6 Å². The van der Waals surface area contributed by atoms with Crippen LogP contribution in [-0.4, -0.2) is 50.3 Å². The summed E-state index contributed by atoms with van der Waals surface area (Å²) in [5, 5.41) is 3.00. The van der Waals surface area contributed by atoms with E-state index in [2.05, 4.69) is 22.4 Å². The molecule has 2 amide bonds. The van der Waals surface area contributed by atoms with E-state index in [1.165, 1.54) is 0 Å². The van der Waals surface area contributed by atoms with Crippen LogP contribution in [0.1, 0.15) is 38.4 Å². The predicted octanol–water partition coefficient (Wildman–Crippen LogP) is 3.48. The van der Waals surface area contributed by atoms with Crippen LogP contribution in [0.15, 0.2) is 73.3 Å². The number of nitrogens with one attached hydrogen (secondary N) is 1. The number of fused-ring (bicyclic) bond motifs is 1. The molecule has 3 heterocycles. The zero-order chi connectivity index (χ0) is 23.4. The Bertz CT molecular complexity index is 1260. The maximum absolute atomic E-state index is 13.5. The third kappa shape index (κ3) is 4.98. The van der Waals surface area contributed by atoms with Gasteiger partial charge in [-0.05, 0) is 49.1 Å². The molecule has 170 valence electrons. The summed E-state index contributed by atoms with van der Waals surface area (Å²) < 4.78 is 3.65. The lowest BCUT2D eigenvalue weighted by Gasteiger charge is -2.29. The highest BCUT2D eigenvalue weighted by Crippen LogP contribution is 2.18. The highest BCUT2D eigenvalue weighted by Gasteiger charge is 2.23. The van der Waals surface area contributed by atoms with Gasteiger partial charge in [0.2, 0.25) is 0 Å². The smallest absolute Gasteiger partial charge is 0.267 e. The summed E-state index contributed by atoms with van der Waals surface area (Å²) in [6.07, 6.45) is 8.59. The van der Waals surface area contributed by atoms with Gasteiger partial charge in [0, 0.05) is 51.5 Å². The quantitative estimate of drug-likeness (QED) is 0.453. The zero-order valence-electron chi connectivity index (χ0n) is 19.2. The number of amides is 2. The predicted molar refractivity (Wildman–Crippen MR) is 128 cm³/mol. The lowest BCUT2D eigenvalue weighted by atomic mass is 10.0. The van der Waals surface area contributed by atoms with Gasteiger partial charge in [0.1, 0.15) is 11.3 Å². The van der Waals surface area contributed by atoms with Crippen molar-refractivity contribution in [2.45, 2.75) is 25.8 Å². The minimum absolute atomic E-state index is 0.0437. The van der Waals surface area contributed by atoms with E-state index < -0.39 is 0 Å². The van der Waals surface area contributed by atoms with Gasteiger partial charge < -0.3 is 19.2 Å². The van der Waals surface area contributed by atoms with E-state index >= 15 is 0 Å². The molecule has 1 atom stereocenters. The second-order valence-corrected chi connectivity index (χ2v) is 8.37. The first kappa shape index (κ1) is 22.3. The Labute approximate surface area is 193 Å². The maximum atomic E-state index is 13.5. The van der Waals surface area contributed by atoms with E-state index in [9.17, 15) is 9.59 Å². The molecule has 0 aliphatic carbocycles. The Hall–Kier alpha value is -3.87. The molecule has 7 nitrogen and oxygen atoms in total. The van der Waals surface area contributed by atoms with Gasteiger partial charge in [0.15, 0.2) is 0 Å². The van der Waals surface area contributed by atoms with E-state index in [1.54, 1.807) is 21.7 Å². The molecule has 1 aromatic carbocycles. The Kier molecular flexibility index (Phi) is 6.58. The second-order valence-electron chi connectivity index (χ2n) is 8.37. The monoisotopic (exact) mass is 443 g/mol. The van der Waals surface area contributed by atoms with Crippen LogP contribution in [0.3, 0.4) is 0 Å². The molecule has 0 spiro atoms. The van der Waals surface area contributed by atoms with E-state index in [0.29, 0.717) is 30.6 Å². The number of hydrogen-bond donors (Lipinski definition) is 1. The summed E-state index contributed by atoms with van der Waals surface area (Å²) in [5.41, 5.74) is 4.12. The number of imidazole rings is 1. The minimum Gasteiger partial charge on any atom is -0.351 e. The molecule has 1 unspecified atom stereocenters. The molecule has 7 heteroatoms. The first-order valence-corrected chi connectivity index (χ1v) is 11.1. The Balaban J connectivity index is 1.51. The highest BCUT2D eigenvalue weighted by molar-refractivity contribution is 5.96. The number of aryl methyl sites for hydroxylation is 2. The standard InChI is InChI=1S/C26H29N5O2/c1-19-16-24-27-13-15-31(24)18-22(19)26(33)30(3)21(17-20-8-5-4-6-9-20)11-12-28-25(32)23-10-7-14-29(23)2/h4-10,13-16,18,21H,11-12,17H2,1-3H3,(H,28,32). The van der Waals surface area contributed by atoms with Crippen LogP contribution >= 0.6 is 0 Å². The fourth-order valence-corrected chi connectivity index (χ4v) is 4.10. The van der Waals surface area contributed by atoms with Gasteiger partial charge in [0.05, 0.1) is 5.56 Å². The number of rotatable bonds is 8. The van der Waals surface area contributed by atoms with Crippen molar-refractivity contribution in [2.24, 2.45) is 7.05 Å². The van der Waals surface area contributed by atoms with Crippen molar-refractivity contribution in [3.05, 3.63) is 95.7 Å². The number of benzene rings is 1. The average molecular weight is 444 g/mol. The largest absolute Gasteiger partial charge is 0.351 e. The third-order valence-corrected chi connectivity index (χ3v) is 6.09. The van der Waals surface area contributed by atoms with Crippen molar-refractivity contribution in [2.75, 3.05) is 13.6 Å². The van der Waals surface area contributed by atoms with Gasteiger partial charge in [-0.25, -0.2) is 4.98 Å². The van der Waals surface area contributed by atoms with Crippen molar-refractivity contribution in [3.8, 4) is 0 Å². The van der Waals surface area contributed by atoms with Crippen LogP contribution in [-0.2, 0) is 13.5 Å². The van der Waals surface area contributed by atoms with Crippen molar-refractivity contribution >= 4 is 17.5 Å². The Morgan fingerprint density at radius 1 is 1.12 bits per heavy atom. The molecule has 0 aliphatic rings. The molecule has 0 fully saturated rings. The van der Waals surface area contributed by atoms with E-state index in [-0.39, 0.29) is 17.9 Å². The van der Waals surface area contributed by atoms with E-state index in [1.807, 2.05) is 74.3 Å². The summed E-state index contributed by atoms with van der Waals surface area (Å²) in [7, 11) is 3.69. The molecule has 0 saturated carbocycles. The Morgan fingerprint density at radius 2 is 1.91 bits per heavy atom. The lowest BCUT2D eigenvalue weighted by molar-refractivity contribution is 0.0721. The van der Waals surface area contributed by atoms with Crippen LogP contribution in [0.2, 0.25) is 0 Å². The summed E-state index contributed by atoms with van der Waals surface area (Å²) in [5.74, 6) is -0.158. The van der Waals surface area contributed by atoms with E-state index in [4.69, 9.17) is 0 Å². The molecule has 0 saturated heterocycles. The SMILES string of the molecule is Cc1cc2nccn2cc1C(=O)N(C)C(CCNC(=O)c1cccn1C)Cc1ccccc1. The van der Waals surface area contributed by atoms with Crippen molar-refractivity contribution in [1.29, 1.82) is 0 Å². The van der Waals surface area contributed by atoms with Gasteiger partial charge in [-0.2, -0.15) is 0 Å². The summed E-state index contributed by atoms with van der Waals surface area (Å²) in [6.45, 7) is 2.40. The molecule has 4 aromatic rings. The van der Waals surface area contributed by atoms with Crippen molar-refractivity contribution < 1.29 is 9.59 Å². The zero-order valence-corrected chi connectivity index (χ0v) is 19.2. The van der Waals surface area contributed by atoms with Crippen LogP contribution in [0.25, 0.3) is 5.65 Å². The summed E-state index contributed by atoms with van der Waals surface area (Å²) in [6, 6.07) is 15.6. The molecule has 33 heavy (non-hydrogen) atoms. The van der Waals surface area contributed by atoms with Crippen LogP contribution in [0.5, 0.6) is 0 Å². The molecule has 0 bridgehead atoms. The van der Waals surface area contributed by atoms with Crippen LogP contribution in [0.4, 0.5) is 0 Å². The number of likely N-dealkylation sites (N-methyl/N-ethyl adjacent to an activating group) is 1. The van der Waals surface area contributed by atoms with Gasteiger partial charge in [-0.1, -0.05) is 30.3 Å². The number of carbonyl (C=O) groups excluding carboxylic acids is 2. The second kappa shape index (κ2) is 9.73. The van der Waals surface area contributed by atoms with Gasteiger partial charge in [-0.3, -0.25) is 9.59 Å². The molecule has 1 N–H and O–H groups in total. The number of hydrogen-bond acceptors (Lipinski definition) is 3. The highest BCUT2D eigenvalue weighted by atomic mass is 16.2. The summed E-state index contributed by atoms with van der Waals surface area (Å²) in [4.78, 5) is 32.1. The van der Waals surface area contributed by atoms with Crippen LogP contribution in [0, 0.1) is 6.92 Å². The normalized spacial score (nSPS) is 12.0. The minimum atomic E-state index is -0.114. The molecule has 0 radical (unpaired) electrons. The first-order valence-electron chi connectivity index (χ1n) is 11.1. The van der Waals surface area contributed by atoms with Gasteiger partial charge in [0.25, 0.3) is 11.8 Å². The van der Waals surface area contributed by atoms with Crippen LogP contribution < -0.4 is 5.32 Å². The number of aromatic nitrogens is 3. The molecule has 4 rings (SSSR count). The molecular weight excluding hydrogens is 414 g/mol. The van der Waals surface area contributed by atoms with Crippen molar-refractivity contribution in [1.82, 2.24) is 24.2 Å². The van der Waals surface area contributed by atoms with Crippen molar-refractivity contribution in [3.63, 3.8) is 0 Å².